The Labute approximate surface area is 117 Å². The molecule has 4 nitrogen and oxygen atoms in total. The maximum absolute atomic E-state index is 11.8. The van der Waals surface area contributed by atoms with Gasteiger partial charge in [0.2, 0.25) is 0 Å². The second-order valence-corrected chi connectivity index (χ2v) is 5.19. The fourth-order valence-electron chi connectivity index (χ4n) is 1.65. The number of fused-ring (bicyclic) bond motifs is 1. The van der Waals surface area contributed by atoms with Crippen LogP contribution in [-0.2, 0) is 6.61 Å². The molecule has 0 N–H and O–H groups in total. The van der Waals surface area contributed by atoms with E-state index >= 15 is 0 Å². The monoisotopic (exact) mass is 292 g/mol. The Morgan fingerprint density at radius 3 is 2.89 bits per heavy atom. The summed E-state index contributed by atoms with van der Waals surface area (Å²) in [5.74, 6) is 0.692. The fraction of sp³-hybridized carbons (Fsp3) is 0.0769. The first kappa shape index (κ1) is 12.2. The van der Waals surface area contributed by atoms with Crippen LogP contribution in [0.3, 0.4) is 0 Å². The Balaban J connectivity index is 1.81. The van der Waals surface area contributed by atoms with Crippen LogP contribution in [-0.4, -0.2) is 9.38 Å². The third-order valence-electron chi connectivity index (χ3n) is 2.56. The summed E-state index contributed by atoms with van der Waals surface area (Å²) in [6.45, 7) is 0.255. The zero-order valence-corrected chi connectivity index (χ0v) is 11.3. The van der Waals surface area contributed by atoms with Gasteiger partial charge in [0.05, 0.1) is 5.69 Å². The topological polar surface area (TPSA) is 43.6 Å². The lowest BCUT2D eigenvalue weighted by Gasteiger charge is -2.05. The number of hydrogen-bond donors (Lipinski definition) is 0. The SMILES string of the molecule is O=c1cc(COc2ccc(Cl)cc2)nc2sccn12. The van der Waals surface area contributed by atoms with Crippen LogP contribution in [0.4, 0.5) is 0 Å². The van der Waals surface area contributed by atoms with Crippen molar-refractivity contribution in [2.75, 3.05) is 0 Å². The summed E-state index contributed by atoms with van der Waals surface area (Å²) in [7, 11) is 0. The number of halogens is 1. The molecule has 0 fully saturated rings. The van der Waals surface area contributed by atoms with Crippen molar-refractivity contribution in [3.05, 3.63) is 63.0 Å². The van der Waals surface area contributed by atoms with Crippen molar-refractivity contribution in [2.24, 2.45) is 0 Å². The molecule has 0 saturated carbocycles. The number of hydrogen-bond acceptors (Lipinski definition) is 4. The van der Waals surface area contributed by atoms with E-state index in [1.54, 1.807) is 30.5 Å². The first-order valence-electron chi connectivity index (χ1n) is 5.56. The highest BCUT2D eigenvalue weighted by Gasteiger charge is 2.04. The van der Waals surface area contributed by atoms with Gasteiger partial charge < -0.3 is 4.74 Å². The normalized spacial score (nSPS) is 10.8. The van der Waals surface area contributed by atoms with Crippen LogP contribution < -0.4 is 10.3 Å². The molecular formula is C13H9ClN2O2S. The maximum atomic E-state index is 11.8. The van der Waals surface area contributed by atoms with Gasteiger partial charge in [-0.05, 0) is 24.3 Å². The van der Waals surface area contributed by atoms with E-state index in [1.165, 1.54) is 21.8 Å². The van der Waals surface area contributed by atoms with Gasteiger partial charge >= 0.3 is 0 Å². The summed E-state index contributed by atoms with van der Waals surface area (Å²) in [6, 6.07) is 8.54. The van der Waals surface area contributed by atoms with E-state index in [1.807, 2.05) is 5.38 Å². The molecular weight excluding hydrogens is 284 g/mol. The van der Waals surface area contributed by atoms with E-state index in [0.717, 1.165) is 0 Å². The van der Waals surface area contributed by atoms with Crippen molar-refractivity contribution < 1.29 is 4.74 Å². The molecule has 19 heavy (non-hydrogen) atoms. The molecule has 3 rings (SSSR count). The molecule has 2 aromatic heterocycles. The minimum Gasteiger partial charge on any atom is -0.487 e. The lowest BCUT2D eigenvalue weighted by Crippen LogP contribution is -2.14. The van der Waals surface area contributed by atoms with Crippen LogP contribution in [0.1, 0.15) is 5.69 Å². The van der Waals surface area contributed by atoms with E-state index in [-0.39, 0.29) is 12.2 Å². The van der Waals surface area contributed by atoms with Crippen molar-refractivity contribution in [1.29, 1.82) is 0 Å². The van der Waals surface area contributed by atoms with Gasteiger partial charge in [-0.1, -0.05) is 11.6 Å². The molecule has 3 aromatic rings. The van der Waals surface area contributed by atoms with Gasteiger partial charge in [-0.3, -0.25) is 9.20 Å². The Hall–Kier alpha value is -1.85. The van der Waals surface area contributed by atoms with Crippen molar-refractivity contribution in [1.82, 2.24) is 9.38 Å². The first-order valence-corrected chi connectivity index (χ1v) is 6.82. The molecule has 0 aliphatic heterocycles. The summed E-state index contributed by atoms with van der Waals surface area (Å²) in [6.07, 6.45) is 1.71. The Morgan fingerprint density at radius 2 is 2.11 bits per heavy atom. The molecule has 6 heteroatoms. The summed E-state index contributed by atoms with van der Waals surface area (Å²) in [5, 5.41) is 2.48. The Bertz CT molecular complexity index is 764. The molecule has 0 bridgehead atoms. The van der Waals surface area contributed by atoms with Gasteiger partial charge in [-0.2, -0.15) is 0 Å². The molecule has 2 heterocycles. The molecule has 1 aromatic carbocycles. The summed E-state index contributed by atoms with van der Waals surface area (Å²) in [4.78, 5) is 16.8. The van der Waals surface area contributed by atoms with E-state index in [0.29, 0.717) is 21.4 Å². The highest BCUT2D eigenvalue weighted by molar-refractivity contribution is 7.15. The fourth-order valence-corrected chi connectivity index (χ4v) is 2.51. The molecule has 0 aliphatic rings. The van der Waals surface area contributed by atoms with Crippen LogP contribution in [0.2, 0.25) is 5.02 Å². The summed E-state index contributed by atoms with van der Waals surface area (Å²) >= 11 is 7.21. The highest BCUT2D eigenvalue weighted by Crippen LogP contribution is 2.16. The standard InChI is InChI=1S/C13H9ClN2O2S/c14-9-1-3-11(4-2-9)18-8-10-7-12(17)16-5-6-19-13(16)15-10/h1-7H,8H2. The predicted octanol–water partition coefficient (Wildman–Crippen LogP) is 2.99. The number of benzene rings is 1. The number of ether oxygens (including phenoxy) is 1. The highest BCUT2D eigenvalue weighted by atomic mass is 35.5. The zero-order chi connectivity index (χ0) is 13.2. The Kier molecular flexibility index (Phi) is 3.23. The number of aromatic nitrogens is 2. The Morgan fingerprint density at radius 1 is 1.32 bits per heavy atom. The van der Waals surface area contributed by atoms with E-state index in [9.17, 15) is 4.79 Å². The van der Waals surface area contributed by atoms with Crippen LogP contribution >= 0.6 is 22.9 Å². The number of rotatable bonds is 3. The minimum atomic E-state index is -0.0963. The smallest absolute Gasteiger partial charge is 0.258 e. The van der Waals surface area contributed by atoms with E-state index in [2.05, 4.69) is 4.98 Å². The molecule has 0 atom stereocenters. The first-order chi connectivity index (χ1) is 9.22. The van der Waals surface area contributed by atoms with Gasteiger partial charge in [-0.15, -0.1) is 11.3 Å². The van der Waals surface area contributed by atoms with Gasteiger partial charge in [0.15, 0.2) is 4.96 Å². The lowest BCUT2D eigenvalue weighted by molar-refractivity contribution is 0.301. The van der Waals surface area contributed by atoms with Crippen molar-refractivity contribution in [2.45, 2.75) is 6.61 Å². The van der Waals surface area contributed by atoms with E-state index in [4.69, 9.17) is 16.3 Å². The predicted molar refractivity (Wildman–Crippen MR) is 75.1 cm³/mol. The van der Waals surface area contributed by atoms with Crippen molar-refractivity contribution in [3.8, 4) is 5.75 Å². The average molecular weight is 293 g/mol. The van der Waals surface area contributed by atoms with E-state index < -0.39 is 0 Å². The van der Waals surface area contributed by atoms with Crippen LogP contribution in [0, 0.1) is 0 Å². The molecule has 96 valence electrons. The third kappa shape index (κ3) is 2.62. The molecule has 0 radical (unpaired) electrons. The van der Waals surface area contributed by atoms with Crippen LogP contribution in [0.25, 0.3) is 4.96 Å². The van der Waals surface area contributed by atoms with Gasteiger partial charge in [0.25, 0.3) is 5.56 Å². The van der Waals surface area contributed by atoms with Crippen molar-refractivity contribution >= 4 is 27.9 Å². The van der Waals surface area contributed by atoms with Crippen LogP contribution in [0.5, 0.6) is 5.75 Å². The molecule has 0 saturated heterocycles. The van der Waals surface area contributed by atoms with Gasteiger partial charge in [0, 0.05) is 22.7 Å². The largest absolute Gasteiger partial charge is 0.487 e. The molecule has 0 aliphatic carbocycles. The van der Waals surface area contributed by atoms with Crippen molar-refractivity contribution in [3.63, 3.8) is 0 Å². The zero-order valence-electron chi connectivity index (χ0n) is 9.75. The van der Waals surface area contributed by atoms with Gasteiger partial charge in [-0.25, -0.2) is 4.98 Å². The van der Waals surface area contributed by atoms with Gasteiger partial charge in [0.1, 0.15) is 12.4 Å². The quantitative estimate of drug-likeness (QED) is 0.745. The average Bonchev–Trinajstić information content (AvgIpc) is 2.87. The second kappa shape index (κ2) is 5.03. The minimum absolute atomic E-state index is 0.0963. The number of nitrogens with zero attached hydrogens (tertiary/aromatic N) is 2. The van der Waals surface area contributed by atoms with Crippen LogP contribution in [0.15, 0.2) is 46.7 Å². The summed E-state index contributed by atoms with van der Waals surface area (Å²) < 4.78 is 7.07. The second-order valence-electron chi connectivity index (χ2n) is 3.88. The third-order valence-corrected chi connectivity index (χ3v) is 3.57. The maximum Gasteiger partial charge on any atom is 0.258 e. The molecule has 0 unspecified atom stereocenters. The lowest BCUT2D eigenvalue weighted by atomic mass is 10.3. The molecule has 0 spiro atoms. The summed E-state index contributed by atoms with van der Waals surface area (Å²) in [5.41, 5.74) is 0.517. The number of thiazole rings is 1. The molecule has 0 amide bonds.